The molecule has 1 fully saturated rings. The Bertz CT molecular complexity index is 1520. The summed E-state index contributed by atoms with van der Waals surface area (Å²) in [6, 6.07) is 19.8. The molecule has 0 saturated carbocycles. The molecule has 10 nitrogen and oxygen atoms in total. The topological polar surface area (TPSA) is 119 Å². The number of benzene rings is 3. The van der Waals surface area contributed by atoms with Gasteiger partial charge in [-0.3, -0.25) is 29.4 Å². The predicted molar refractivity (Wildman–Crippen MR) is 149 cm³/mol. The lowest BCUT2D eigenvalue weighted by Gasteiger charge is -2.29. The fourth-order valence-corrected chi connectivity index (χ4v) is 5.40. The Hall–Kier alpha value is -4.64. The minimum atomic E-state index is -0.682. The van der Waals surface area contributed by atoms with Crippen LogP contribution in [0.1, 0.15) is 22.3 Å². The fourth-order valence-electron chi connectivity index (χ4n) is 4.57. The van der Waals surface area contributed by atoms with E-state index in [0.29, 0.717) is 31.3 Å². The first kappa shape index (κ1) is 26.9. The molecule has 0 spiro atoms. The van der Waals surface area contributed by atoms with E-state index in [2.05, 4.69) is 0 Å². The average Bonchev–Trinajstić information content (AvgIpc) is 3.23. The van der Waals surface area contributed by atoms with Gasteiger partial charge in [0.15, 0.2) is 11.5 Å². The van der Waals surface area contributed by atoms with Gasteiger partial charge in [-0.2, -0.15) is 0 Å². The van der Waals surface area contributed by atoms with Crippen molar-refractivity contribution in [2.75, 3.05) is 20.2 Å². The molecule has 2 aliphatic rings. The maximum atomic E-state index is 13.1. The monoisotopic (exact) mass is 559 g/mol. The molecule has 5 rings (SSSR count). The first-order chi connectivity index (χ1) is 19.3. The second kappa shape index (κ2) is 11.6. The normalized spacial score (nSPS) is 15.8. The lowest BCUT2D eigenvalue weighted by Crippen LogP contribution is -2.44. The zero-order valence-corrected chi connectivity index (χ0v) is 22.4. The largest absolute Gasteiger partial charge is 0.493 e. The Morgan fingerprint density at radius 2 is 1.77 bits per heavy atom. The van der Waals surface area contributed by atoms with E-state index in [1.165, 1.54) is 30.9 Å². The number of hydrogen-bond donors (Lipinski definition) is 0. The molecule has 1 saturated heterocycles. The van der Waals surface area contributed by atoms with Crippen LogP contribution in [0.4, 0.5) is 10.5 Å². The zero-order valence-electron chi connectivity index (χ0n) is 21.6. The smallest absolute Gasteiger partial charge is 0.294 e. The number of carbonyl (C=O) groups excluding carboxylic acids is 3. The molecule has 204 valence electrons. The van der Waals surface area contributed by atoms with Crippen molar-refractivity contribution < 1.29 is 28.8 Å². The fraction of sp³-hybridized carbons (Fsp3) is 0.207. The van der Waals surface area contributed by atoms with Crippen LogP contribution in [-0.4, -0.2) is 52.0 Å². The Kier molecular flexibility index (Phi) is 7.83. The maximum absolute atomic E-state index is 13.1. The molecule has 0 aromatic heterocycles. The van der Waals surface area contributed by atoms with Gasteiger partial charge in [0.1, 0.15) is 13.2 Å². The third-order valence-corrected chi connectivity index (χ3v) is 7.59. The molecule has 2 heterocycles. The lowest BCUT2D eigenvalue weighted by molar-refractivity contribution is -0.385. The van der Waals surface area contributed by atoms with Crippen LogP contribution in [0.5, 0.6) is 11.5 Å². The van der Waals surface area contributed by atoms with Crippen molar-refractivity contribution in [3.63, 3.8) is 0 Å². The van der Waals surface area contributed by atoms with E-state index in [1.807, 2.05) is 54.6 Å². The molecule has 40 heavy (non-hydrogen) atoms. The third-order valence-electron chi connectivity index (χ3n) is 6.68. The Morgan fingerprint density at radius 3 is 2.50 bits per heavy atom. The SMILES string of the molecule is COc1cc(/C=C2/SC(=O)N(CC(=O)N3CCc4ccccc4C3)C2=O)c([N+](=O)[O-])cc1OCc1ccccc1. The third kappa shape index (κ3) is 5.69. The summed E-state index contributed by atoms with van der Waals surface area (Å²) in [7, 11) is 1.40. The van der Waals surface area contributed by atoms with Gasteiger partial charge in [0.05, 0.1) is 28.6 Å². The highest BCUT2D eigenvalue weighted by Gasteiger charge is 2.38. The minimum absolute atomic E-state index is 0.0232. The van der Waals surface area contributed by atoms with Crippen molar-refractivity contribution in [2.24, 2.45) is 0 Å². The second-order valence-electron chi connectivity index (χ2n) is 9.20. The van der Waals surface area contributed by atoms with Gasteiger partial charge in [0.2, 0.25) is 5.91 Å². The van der Waals surface area contributed by atoms with Crippen molar-refractivity contribution in [3.8, 4) is 11.5 Å². The number of methoxy groups -OCH3 is 1. The van der Waals surface area contributed by atoms with Crippen molar-refractivity contribution in [1.29, 1.82) is 0 Å². The molecule has 0 unspecified atom stereocenters. The van der Waals surface area contributed by atoms with Crippen LogP contribution in [-0.2, 0) is 29.2 Å². The molecule has 11 heteroatoms. The molecule has 2 aliphatic heterocycles. The molecule has 0 N–H and O–H groups in total. The van der Waals surface area contributed by atoms with E-state index in [-0.39, 0.29) is 40.2 Å². The number of amides is 3. The summed E-state index contributed by atoms with van der Waals surface area (Å²) in [6.07, 6.45) is 1.97. The van der Waals surface area contributed by atoms with Gasteiger partial charge in [0, 0.05) is 13.1 Å². The summed E-state index contributed by atoms with van der Waals surface area (Å²) in [6.45, 7) is 0.670. The molecule has 3 aromatic carbocycles. The Balaban J connectivity index is 1.34. The highest BCUT2D eigenvalue weighted by atomic mass is 32.2. The molecular formula is C29H25N3O7S. The van der Waals surface area contributed by atoms with Crippen molar-refractivity contribution in [3.05, 3.63) is 104 Å². The van der Waals surface area contributed by atoms with Crippen LogP contribution in [0.2, 0.25) is 0 Å². The number of nitrogens with zero attached hydrogens (tertiary/aromatic N) is 3. The quantitative estimate of drug-likeness (QED) is 0.219. The van der Waals surface area contributed by atoms with Gasteiger partial charge < -0.3 is 14.4 Å². The summed E-state index contributed by atoms with van der Waals surface area (Å²) >= 11 is 0.633. The summed E-state index contributed by atoms with van der Waals surface area (Å²) in [5, 5.41) is 11.3. The number of imide groups is 1. The molecule has 3 amide bonds. The van der Waals surface area contributed by atoms with Crippen LogP contribution in [0.15, 0.2) is 71.6 Å². The van der Waals surface area contributed by atoms with E-state index in [9.17, 15) is 24.5 Å². The molecule has 0 bridgehead atoms. The van der Waals surface area contributed by atoms with Gasteiger partial charge in [-0.05, 0) is 47.0 Å². The summed E-state index contributed by atoms with van der Waals surface area (Å²) < 4.78 is 11.2. The minimum Gasteiger partial charge on any atom is -0.493 e. The van der Waals surface area contributed by atoms with Crippen molar-refractivity contribution >= 4 is 40.6 Å². The van der Waals surface area contributed by atoms with Crippen LogP contribution in [0, 0.1) is 10.1 Å². The number of nitro groups is 1. The Morgan fingerprint density at radius 1 is 1.05 bits per heavy atom. The maximum Gasteiger partial charge on any atom is 0.294 e. The lowest BCUT2D eigenvalue weighted by atomic mass is 10.00. The van der Waals surface area contributed by atoms with Gasteiger partial charge in [-0.25, -0.2) is 0 Å². The summed E-state index contributed by atoms with van der Waals surface area (Å²) in [4.78, 5) is 52.6. The molecule has 0 atom stereocenters. The number of rotatable bonds is 8. The number of thioether (sulfide) groups is 1. The molecule has 0 radical (unpaired) electrons. The number of carbonyl (C=O) groups is 3. The van der Waals surface area contributed by atoms with Gasteiger partial charge in [0.25, 0.3) is 16.8 Å². The summed E-state index contributed by atoms with van der Waals surface area (Å²) in [5.41, 5.74) is 2.83. The van der Waals surface area contributed by atoms with Crippen LogP contribution < -0.4 is 9.47 Å². The number of ether oxygens (including phenoxy) is 2. The van der Waals surface area contributed by atoms with E-state index in [1.54, 1.807) is 4.90 Å². The predicted octanol–water partition coefficient (Wildman–Crippen LogP) is 4.80. The Labute approximate surface area is 234 Å². The average molecular weight is 560 g/mol. The second-order valence-corrected chi connectivity index (χ2v) is 10.2. The highest BCUT2D eigenvalue weighted by molar-refractivity contribution is 8.18. The van der Waals surface area contributed by atoms with Crippen molar-refractivity contribution in [2.45, 2.75) is 19.6 Å². The standard InChI is InChI=1S/C29H25N3O7S/c1-38-24-13-22(23(32(36)37)15-25(24)39-18-19-7-3-2-4-8-19)14-26-28(34)31(29(35)40-26)17-27(33)30-12-11-20-9-5-6-10-21(20)16-30/h2-10,13-15H,11-12,16-18H2,1H3/b26-14+. The molecular weight excluding hydrogens is 534 g/mol. The van der Waals surface area contributed by atoms with Gasteiger partial charge in [-0.1, -0.05) is 54.6 Å². The van der Waals surface area contributed by atoms with E-state index >= 15 is 0 Å². The molecule has 3 aromatic rings. The number of nitro benzene ring substituents is 1. The first-order valence-electron chi connectivity index (χ1n) is 12.5. The molecule has 0 aliphatic carbocycles. The van der Waals surface area contributed by atoms with Gasteiger partial charge >= 0.3 is 0 Å². The van der Waals surface area contributed by atoms with Crippen LogP contribution >= 0.6 is 11.8 Å². The van der Waals surface area contributed by atoms with E-state index in [0.717, 1.165) is 16.0 Å². The number of hydrogen-bond acceptors (Lipinski definition) is 8. The van der Waals surface area contributed by atoms with Crippen LogP contribution in [0.3, 0.4) is 0 Å². The highest BCUT2D eigenvalue weighted by Crippen LogP contribution is 2.39. The first-order valence-corrected chi connectivity index (χ1v) is 13.3. The van der Waals surface area contributed by atoms with E-state index < -0.39 is 22.6 Å². The zero-order chi connectivity index (χ0) is 28.2. The summed E-state index contributed by atoms with van der Waals surface area (Å²) in [5.74, 6) is -0.631. The number of fused-ring (bicyclic) bond motifs is 1. The van der Waals surface area contributed by atoms with Gasteiger partial charge in [-0.15, -0.1) is 0 Å². The van der Waals surface area contributed by atoms with Crippen LogP contribution in [0.25, 0.3) is 6.08 Å². The van der Waals surface area contributed by atoms with E-state index in [4.69, 9.17) is 9.47 Å². The van der Waals surface area contributed by atoms with Crippen molar-refractivity contribution in [1.82, 2.24) is 9.80 Å².